The number of anilines is 2. The molecule has 0 radical (unpaired) electrons. The van der Waals surface area contributed by atoms with Crippen LogP contribution in [0.25, 0.3) is 6.08 Å². The van der Waals surface area contributed by atoms with Crippen LogP contribution >= 0.6 is 0 Å². The van der Waals surface area contributed by atoms with E-state index < -0.39 is 0 Å². The monoisotopic (exact) mass is 310 g/mol. The summed E-state index contributed by atoms with van der Waals surface area (Å²) in [5, 5.41) is 2.86. The van der Waals surface area contributed by atoms with E-state index >= 15 is 0 Å². The Morgan fingerprint density at radius 1 is 1.22 bits per heavy atom. The van der Waals surface area contributed by atoms with Crippen molar-refractivity contribution in [3.8, 4) is 0 Å². The number of hydrogen-bond donors (Lipinski definition) is 1. The molecule has 2 aromatic rings. The van der Waals surface area contributed by atoms with Crippen LogP contribution in [0, 0.1) is 5.92 Å². The summed E-state index contributed by atoms with van der Waals surface area (Å²) in [5.74, 6) is 1.32. The molecule has 1 aromatic carbocycles. The van der Waals surface area contributed by atoms with Gasteiger partial charge in [-0.2, -0.15) is 0 Å². The summed E-state index contributed by atoms with van der Waals surface area (Å²) in [7, 11) is 0. The number of rotatable bonds is 4. The number of carbonyl (C=O) groups excluding carboxylic acids is 1. The molecule has 0 saturated carbocycles. The lowest BCUT2D eigenvalue weighted by atomic mass is 9.99. The van der Waals surface area contributed by atoms with E-state index in [2.05, 4.69) is 29.3 Å². The van der Waals surface area contributed by atoms with E-state index in [-0.39, 0.29) is 5.91 Å². The molecule has 0 aliphatic carbocycles. The second-order valence-corrected chi connectivity index (χ2v) is 6.05. The lowest BCUT2D eigenvalue weighted by Gasteiger charge is -2.32. The molecule has 0 unspecified atom stereocenters. The number of furan rings is 1. The first kappa shape index (κ1) is 15.4. The molecule has 0 atom stereocenters. The normalized spacial score (nSPS) is 16.0. The van der Waals surface area contributed by atoms with Crippen molar-refractivity contribution >= 4 is 23.4 Å². The van der Waals surface area contributed by atoms with Gasteiger partial charge < -0.3 is 14.6 Å². The third-order valence-corrected chi connectivity index (χ3v) is 4.23. The lowest BCUT2D eigenvalue weighted by Crippen LogP contribution is -2.32. The molecule has 23 heavy (non-hydrogen) atoms. The van der Waals surface area contributed by atoms with E-state index in [1.54, 1.807) is 24.5 Å². The molecular formula is C19H22N2O2. The molecule has 1 aliphatic heterocycles. The summed E-state index contributed by atoms with van der Waals surface area (Å²) in [6.07, 6.45) is 7.20. The molecule has 1 fully saturated rings. The van der Waals surface area contributed by atoms with Gasteiger partial charge in [-0.1, -0.05) is 6.92 Å². The Balaban J connectivity index is 1.56. The van der Waals surface area contributed by atoms with Gasteiger partial charge in [-0.05, 0) is 61.2 Å². The number of piperidine rings is 1. The molecule has 4 nitrogen and oxygen atoms in total. The van der Waals surface area contributed by atoms with E-state index in [4.69, 9.17) is 4.42 Å². The number of hydrogen-bond acceptors (Lipinski definition) is 3. The van der Waals surface area contributed by atoms with Crippen LogP contribution in [0.3, 0.4) is 0 Å². The molecule has 0 spiro atoms. The van der Waals surface area contributed by atoms with Gasteiger partial charge in [-0.3, -0.25) is 4.79 Å². The zero-order valence-corrected chi connectivity index (χ0v) is 13.4. The number of carbonyl (C=O) groups is 1. The summed E-state index contributed by atoms with van der Waals surface area (Å²) < 4.78 is 5.15. The Labute approximate surface area is 136 Å². The van der Waals surface area contributed by atoms with Gasteiger partial charge >= 0.3 is 0 Å². The highest BCUT2D eigenvalue weighted by atomic mass is 16.3. The zero-order valence-electron chi connectivity index (χ0n) is 13.4. The van der Waals surface area contributed by atoms with Crippen molar-refractivity contribution in [3.05, 3.63) is 54.5 Å². The topological polar surface area (TPSA) is 45.5 Å². The van der Waals surface area contributed by atoms with Crippen LogP contribution in [0.5, 0.6) is 0 Å². The Morgan fingerprint density at radius 2 is 1.96 bits per heavy atom. The van der Waals surface area contributed by atoms with Gasteiger partial charge in [0.25, 0.3) is 0 Å². The zero-order chi connectivity index (χ0) is 16.1. The van der Waals surface area contributed by atoms with Gasteiger partial charge in [0.1, 0.15) is 5.76 Å². The third-order valence-electron chi connectivity index (χ3n) is 4.23. The maximum absolute atomic E-state index is 11.9. The van der Waals surface area contributed by atoms with Crippen LogP contribution in [0.1, 0.15) is 25.5 Å². The molecule has 120 valence electrons. The highest BCUT2D eigenvalue weighted by molar-refractivity contribution is 6.01. The van der Waals surface area contributed by atoms with Gasteiger partial charge in [-0.25, -0.2) is 0 Å². The SMILES string of the molecule is CC1CCN(c2ccc(NC(=O)C=Cc3ccco3)cc2)CC1. The van der Waals surface area contributed by atoms with Crippen molar-refractivity contribution < 1.29 is 9.21 Å². The molecule has 0 bridgehead atoms. The van der Waals surface area contributed by atoms with Crippen LogP contribution in [0.15, 0.2) is 53.2 Å². The average Bonchev–Trinajstić information content (AvgIpc) is 3.08. The molecule has 3 rings (SSSR count). The number of benzene rings is 1. The van der Waals surface area contributed by atoms with Gasteiger partial charge in [0.15, 0.2) is 0 Å². The molecule has 1 saturated heterocycles. The van der Waals surface area contributed by atoms with Crippen LogP contribution in [0.4, 0.5) is 11.4 Å². The Bertz CT molecular complexity index is 651. The molecule has 1 N–H and O–H groups in total. The van der Waals surface area contributed by atoms with Gasteiger partial charge in [-0.15, -0.1) is 0 Å². The second-order valence-electron chi connectivity index (χ2n) is 6.05. The first-order valence-electron chi connectivity index (χ1n) is 8.08. The fourth-order valence-electron chi connectivity index (χ4n) is 2.75. The van der Waals surface area contributed by atoms with Gasteiger partial charge in [0.05, 0.1) is 6.26 Å². The molecule has 2 heterocycles. The second kappa shape index (κ2) is 7.18. The van der Waals surface area contributed by atoms with Crippen molar-refractivity contribution in [3.63, 3.8) is 0 Å². The minimum atomic E-state index is -0.166. The third kappa shape index (κ3) is 4.25. The maximum atomic E-state index is 11.9. The first-order chi connectivity index (χ1) is 11.2. The fraction of sp³-hybridized carbons (Fsp3) is 0.316. The van der Waals surface area contributed by atoms with Crippen molar-refractivity contribution in [1.82, 2.24) is 0 Å². The highest BCUT2D eigenvalue weighted by Crippen LogP contribution is 2.24. The molecule has 1 aliphatic rings. The summed E-state index contributed by atoms with van der Waals surface area (Å²) in [5.41, 5.74) is 2.02. The van der Waals surface area contributed by atoms with E-state index in [1.165, 1.54) is 24.6 Å². The predicted molar refractivity (Wildman–Crippen MR) is 93.4 cm³/mol. The molecule has 1 aromatic heterocycles. The number of amides is 1. The minimum absolute atomic E-state index is 0.166. The van der Waals surface area contributed by atoms with E-state index in [1.807, 2.05) is 12.1 Å². The molecule has 4 heteroatoms. The van der Waals surface area contributed by atoms with Crippen molar-refractivity contribution in [1.29, 1.82) is 0 Å². The standard InChI is InChI=1S/C19H22N2O2/c1-15-10-12-21(13-11-15)17-6-4-16(5-7-17)20-19(22)9-8-18-3-2-14-23-18/h2-9,14-15H,10-13H2,1H3,(H,20,22). The van der Waals surface area contributed by atoms with Crippen LogP contribution in [-0.2, 0) is 4.79 Å². The average molecular weight is 310 g/mol. The summed E-state index contributed by atoms with van der Waals surface area (Å²) in [6, 6.07) is 11.6. The van der Waals surface area contributed by atoms with Crippen LogP contribution < -0.4 is 10.2 Å². The highest BCUT2D eigenvalue weighted by Gasteiger charge is 2.15. The largest absolute Gasteiger partial charge is 0.465 e. The number of nitrogens with zero attached hydrogens (tertiary/aromatic N) is 1. The first-order valence-corrected chi connectivity index (χ1v) is 8.08. The van der Waals surface area contributed by atoms with E-state index in [0.717, 1.165) is 24.7 Å². The van der Waals surface area contributed by atoms with Crippen LogP contribution in [-0.4, -0.2) is 19.0 Å². The molecule has 1 amide bonds. The molecular weight excluding hydrogens is 288 g/mol. The Hall–Kier alpha value is -2.49. The maximum Gasteiger partial charge on any atom is 0.248 e. The summed E-state index contributed by atoms with van der Waals surface area (Å²) >= 11 is 0. The Kier molecular flexibility index (Phi) is 4.81. The summed E-state index contributed by atoms with van der Waals surface area (Å²) in [4.78, 5) is 14.3. The predicted octanol–water partition coefficient (Wildman–Crippen LogP) is 4.17. The van der Waals surface area contributed by atoms with Crippen molar-refractivity contribution in [2.24, 2.45) is 5.92 Å². The fourth-order valence-corrected chi connectivity index (χ4v) is 2.75. The van der Waals surface area contributed by atoms with Gasteiger partial charge in [0, 0.05) is 30.5 Å². The lowest BCUT2D eigenvalue weighted by molar-refractivity contribution is -0.111. The van der Waals surface area contributed by atoms with E-state index in [9.17, 15) is 4.79 Å². The van der Waals surface area contributed by atoms with Crippen LogP contribution in [0.2, 0.25) is 0 Å². The Morgan fingerprint density at radius 3 is 2.61 bits per heavy atom. The van der Waals surface area contributed by atoms with E-state index in [0.29, 0.717) is 5.76 Å². The minimum Gasteiger partial charge on any atom is -0.465 e. The number of nitrogens with one attached hydrogen (secondary N) is 1. The quantitative estimate of drug-likeness (QED) is 0.862. The summed E-state index contributed by atoms with van der Waals surface area (Å²) in [6.45, 7) is 4.53. The van der Waals surface area contributed by atoms with Gasteiger partial charge in [0.2, 0.25) is 5.91 Å². The smallest absolute Gasteiger partial charge is 0.248 e. The van der Waals surface area contributed by atoms with Crippen molar-refractivity contribution in [2.45, 2.75) is 19.8 Å². The van der Waals surface area contributed by atoms with Crippen molar-refractivity contribution in [2.75, 3.05) is 23.3 Å².